The first-order valence-corrected chi connectivity index (χ1v) is 7.11. The molecule has 4 nitrogen and oxygen atoms in total. The van der Waals surface area contributed by atoms with E-state index in [0.717, 1.165) is 24.0 Å². The summed E-state index contributed by atoms with van der Waals surface area (Å²) in [5.74, 6) is 0.264. The van der Waals surface area contributed by atoms with Crippen LogP contribution >= 0.6 is 0 Å². The third-order valence-corrected chi connectivity index (χ3v) is 4.31. The van der Waals surface area contributed by atoms with Gasteiger partial charge in [0.1, 0.15) is 5.75 Å². The number of phenols is 1. The highest BCUT2D eigenvalue weighted by Gasteiger charge is 2.30. The van der Waals surface area contributed by atoms with Crippen LogP contribution in [0.5, 0.6) is 5.75 Å². The number of amides is 1. The summed E-state index contributed by atoms with van der Waals surface area (Å²) in [5.41, 5.74) is 2.10. The van der Waals surface area contributed by atoms with Crippen LogP contribution in [0.2, 0.25) is 0 Å². The van der Waals surface area contributed by atoms with E-state index in [-0.39, 0.29) is 17.2 Å². The fourth-order valence-corrected chi connectivity index (χ4v) is 2.62. The Labute approximate surface area is 120 Å². The molecule has 0 aromatic heterocycles. The molecule has 1 aromatic rings. The Hall–Kier alpha value is -1.55. The van der Waals surface area contributed by atoms with Crippen LogP contribution in [-0.4, -0.2) is 36.2 Å². The zero-order chi connectivity index (χ0) is 14.8. The summed E-state index contributed by atoms with van der Waals surface area (Å²) >= 11 is 0. The van der Waals surface area contributed by atoms with Crippen molar-refractivity contribution in [2.24, 2.45) is 0 Å². The van der Waals surface area contributed by atoms with Crippen molar-refractivity contribution in [1.29, 1.82) is 0 Å². The quantitative estimate of drug-likeness (QED) is 0.861. The number of nitrogens with zero attached hydrogens (tertiary/aromatic N) is 1. The van der Waals surface area contributed by atoms with Gasteiger partial charge < -0.3 is 14.7 Å². The topological polar surface area (TPSA) is 49.8 Å². The average Bonchev–Trinajstić information content (AvgIpc) is 2.47. The summed E-state index contributed by atoms with van der Waals surface area (Å²) in [7, 11) is 0. The molecule has 1 amide bonds. The molecule has 1 heterocycles. The van der Waals surface area contributed by atoms with Gasteiger partial charge in [0.25, 0.3) is 0 Å². The number of hydrogen-bond donors (Lipinski definition) is 1. The minimum Gasteiger partial charge on any atom is -0.508 e. The molecule has 1 atom stereocenters. The molecule has 1 N–H and O–H groups in total. The van der Waals surface area contributed by atoms with Gasteiger partial charge in [0, 0.05) is 6.54 Å². The Morgan fingerprint density at radius 3 is 2.90 bits per heavy atom. The first-order valence-electron chi connectivity index (χ1n) is 7.11. The largest absolute Gasteiger partial charge is 0.508 e. The molecule has 0 saturated carbocycles. The van der Waals surface area contributed by atoms with Gasteiger partial charge in [-0.1, -0.05) is 26.8 Å². The van der Waals surface area contributed by atoms with E-state index in [1.807, 2.05) is 12.1 Å². The summed E-state index contributed by atoms with van der Waals surface area (Å²) in [6.45, 7) is 8.14. The highest BCUT2D eigenvalue weighted by molar-refractivity contribution is 5.51. The van der Waals surface area contributed by atoms with Crippen molar-refractivity contribution in [1.82, 2.24) is 4.90 Å². The van der Waals surface area contributed by atoms with E-state index in [1.165, 1.54) is 0 Å². The summed E-state index contributed by atoms with van der Waals surface area (Å²) in [4.78, 5) is 13.0. The molecule has 1 aliphatic heterocycles. The molecule has 20 heavy (non-hydrogen) atoms. The van der Waals surface area contributed by atoms with Gasteiger partial charge in [0.2, 0.25) is 6.41 Å². The number of rotatable bonds is 4. The van der Waals surface area contributed by atoms with Crippen molar-refractivity contribution >= 4 is 6.41 Å². The van der Waals surface area contributed by atoms with Crippen molar-refractivity contribution in [3.63, 3.8) is 0 Å². The van der Waals surface area contributed by atoms with Crippen molar-refractivity contribution in [3.8, 4) is 5.75 Å². The van der Waals surface area contributed by atoms with E-state index in [4.69, 9.17) is 4.74 Å². The molecule has 0 radical (unpaired) electrons. The predicted molar refractivity (Wildman–Crippen MR) is 77.8 cm³/mol. The van der Waals surface area contributed by atoms with Crippen LogP contribution in [0.1, 0.15) is 44.4 Å². The van der Waals surface area contributed by atoms with Crippen molar-refractivity contribution in [3.05, 3.63) is 29.3 Å². The molecule has 0 spiro atoms. The molecule has 1 aromatic carbocycles. The van der Waals surface area contributed by atoms with Crippen LogP contribution in [0.4, 0.5) is 0 Å². The Kier molecular flexibility index (Phi) is 4.33. The Bertz CT molecular complexity index is 485. The molecule has 1 saturated heterocycles. The SMILES string of the molecule is CCC(C)(C)c1cc(O)ccc1C1COCCN1C=O. The molecule has 0 bridgehead atoms. The van der Waals surface area contributed by atoms with Gasteiger partial charge in [-0.05, 0) is 35.1 Å². The van der Waals surface area contributed by atoms with Gasteiger partial charge in [0.15, 0.2) is 0 Å². The van der Waals surface area contributed by atoms with Crippen LogP contribution in [0, 0.1) is 0 Å². The van der Waals surface area contributed by atoms with E-state index in [9.17, 15) is 9.90 Å². The molecule has 0 aliphatic carbocycles. The highest BCUT2D eigenvalue weighted by Crippen LogP contribution is 2.37. The second-order valence-electron chi connectivity index (χ2n) is 5.94. The van der Waals surface area contributed by atoms with Gasteiger partial charge in [0.05, 0.1) is 19.3 Å². The monoisotopic (exact) mass is 277 g/mol. The van der Waals surface area contributed by atoms with Crippen molar-refractivity contribution in [2.45, 2.75) is 38.6 Å². The maximum Gasteiger partial charge on any atom is 0.210 e. The summed E-state index contributed by atoms with van der Waals surface area (Å²) < 4.78 is 5.54. The third-order valence-electron chi connectivity index (χ3n) is 4.31. The van der Waals surface area contributed by atoms with E-state index in [2.05, 4.69) is 20.8 Å². The second-order valence-corrected chi connectivity index (χ2v) is 5.94. The second kappa shape index (κ2) is 5.83. The molecular formula is C16H23NO3. The van der Waals surface area contributed by atoms with E-state index < -0.39 is 0 Å². The Balaban J connectivity index is 2.47. The fourth-order valence-electron chi connectivity index (χ4n) is 2.62. The maximum atomic E-state index is 11.3. The smallest absolute Gasteiger partial charge is 0.210 e. The zero-order valence-electron chi connectivity index (χ0n) is 12.4. The molecule has 1 fully saturated rings. The standard InChI is InChI=1S/C16H23NO3/c1-4-16(2,3)14-9-12(19)5-6-13(14)15-10-20-8-7-17(15)11-18/h5-6,9,11,15,19H,4,7-8,10H2,1-3H3. The van der Waals surface area contributed by atoms with Gasteiger partial charge in [-0.25, -0.2) is 0 Å². The Morgan fingerprint density at radius 1 is 1.50 bits per heavy atom. The van der Waals surface area contributed by atoms with Gasteiger partial charge in [-0.2, -0.15) is 0 Å². The summed E-state index contributed by atoms with van der Waals surface area (Å²) in [5, 5.41) is 9.80. The molecule has 110 valence electrons. The molecule has 1 unspecified atom stereocenters. The first-order chi connectivity index (χ1) is 9.49. The normalized spacial score (nSPS) is 19.9. The van der Waals surface area contributed by atoms with Crippen LogP contribution < -0.4 is 0 Å². The lowest BCUT2D eigenvalue weighted by Gasteiger charge is -2.37. The zero-order valence-corrected chi connectivity index (χ0v) is 12.4. The van der Waals surface area contributed by atoms with E-state index in [1.54, 1.807) is 11.0 Å². The molecule has 1 aliphatic rings. The number of benzene rings is 1. The van der Waals surface area contributed by atoms with E-state index in [0.29, 0.717) is 19.8 Å². The number of morpholine rings is 1. The molecular weight excluding hydrogens is 254 g/mol. The maximum absolute atomic E-state index is 11.3. The van der Waals surface area contributed by atoms with Crippen molar-refractivity contribution < 1.29 is 14.6 Å². The Morgan fingerprint density at radius 2 is 2.25 bits per heavy atom. The summed E-state index contributed by atoms with van der Waals surface area (Å²) in [6, 6.07) is 5.35. The van der Waals surface area contributed by atoms with Crippen LogP contribution in [0.15, 0.2) is 18.2 Å². The average molecular weight is 277 g/mol. The molecule has 4 heteroatoms. The van der Waals surface area contributed by atoms with Crippen molar-refractivity contribution in [2.75, 3.05) is 19.8 Å². The van der Waals surface area contributed by atoms with Crippen LogP contribution in [-0.2, 0) is 14.9 Å². The lowest BCUT2D eigenvalue weighted by Crippen LogP contribution is -2.39. The van der Waals surface area contributed by atoms with Gasteiger partial charge in [-0.15, -0.1) is 0 Å². The van der Waals surface area contributed by atoms with Crippen LogP contribution in [0.25, 0.3) is 0 Å². The number of carbonyl (C=O) groups excluding carboxylic acids is 1. The van der Waals surface area contributed by atoms with E-state index >= 15 is 0 Å². The third kappa shape index (κ3) is 2.80. The molecule has 2 rings (SSSR count). The summed E-state index contributed by atoms with van der Waals surface area (Å²) in [6.07, 6.45) is 1.85. The number of aromatic hydroxyl groups is 1. The fraction of sp³-hybridized carbons (Fsp3) is 0.562. The number of hydrogen-bond acceptors (Lipinski definition) is 3. The highest BCUT2D eigenvalue weighted by atomic mass is 16.5. The number of ether oxygens (including phenoxy) is 1. The number of phenolic OH excluding ortho intramolecular Hbond substituents is 1. The lowest BCUT2D eigenvalue weighted by atomic mass is 9.78. The van der Waals surface area contributed by atoms with Gasteiger partial charge in [-0.3, -0.25) is 4.79 Å². The van der Waals surface area contributed by atoms with Crippen LogP contribution in [0.3, 0.4) is 0 Å². The lowest BCUT2D eigenvalue weighted by molar-refractivity contribution is -0.126. The number of carbonyl (C=O) groups is 1. The predicted octanol–water partition coefficient (Wildman–Crippen LogP) is 2.61. The van der Waals surface area contributed by atoms with Gasteiger partial charge >= 0.3 is 0 Å². The first kappa shape index (κ1) is 14.9. The minimum atomic E-state index is -0.0670. The minimum absolute atomic E-state index is 0.0555.